The van der Waals surface area contributed by atoms with Gasteiger partial charge in [0.15, 0.2) is 0 Å². The fourth-order valence-electron chi connectivity index (χ4n) is 2.27. The molecule has 1 N–H and O–H groups in total. The largest absolute Gasteiger partial charge is 0.497 e. The fraction of sp³-hybridized carbons (Fsp3) is 0.235. The van der Waals surface area contributed by atoms with Gasteiger partial charge in [0, 0.05) is 29.8 Å². The van der Waals surface area contributed by atoms with E-state index in [1.165, 1.54) is 13.2 Å². The standard InChI is InChI=1S/C17H18N2O5/c1-23-14-8-7-13(16(10-14)24-2)11-18-17(20)9-12-5-3-4-6-15(12)19(21)22/h3-8,10H,9,11H2,1-2H3,(H,18,20). The molecule has 0 aliphatic rings. The van der Waals surface area contributed by atoms with Gasteiger partial charge in [-0.1, -0.05) is 18.2 Å². The van der Waals surface area contributed by atoms with Crippen molar-refractivity contribution in [3.05, 3.63) is 63.7 Å². The highest BCUT2D eigenvalue weighted by molar-refractivity contribution is 5.79. The van der Waals surface area contributed by atoms with Crippen LogP contribution < -0.4 is 14.8 Å². The van der Waals surface area contributed by atoms with Crippen molar-refractivity contribution in [2.24, 2.45) is 0 Å². The molecule has 1 amide bonds. The van der Waals surface area contributed by atoms with E-state index in [4.69, 9.17) is 9.47 Å². The van der Waals surface area contributed by atoms with E-state index < -0.39 is 4.92 Å². The van der Waals surface area contributed by atoms with Crippen molar-refractivity contribution in [1.82, 2.24) is 5.32 Å². The number of para-hydroxylation sites is 1. The van der Waals surface area contributed by atoms with Gasteiger partial charge in [0.25, 0.3) is 5.69 Å². The van der Waals surface area contributed by atoms with Gasteiger partial charge in [-0.15, -0.1) is 0 Å². The number of carbonyl (C=O) groups is 1. The zero-order valence-electron chi connectivity index (χ0n) is 13.4. The van der Waals surface area contributed by atoms with Gasteiger partial charge in [0.2, 0.25) is 5.91 Å². The van der Waals surface area contributed by atoms with Gasteiger partial charge in [0.05, 0.1) is 25.6 Å². The molecule has 126 valence electrons. The van der Waals surface area contributed by atoms with Crippen LogP contribution in [0.1, 0.15) is 11.1 Å². The second-order valence-corrected chi connectivity index (χ2v) is 5.02. The number of nitro groups is 1. The Morgan fingerprint density at radius 1 is 1.12 bits per heavy atom. The fourth-order valence-corrected chi connectivity index (χ4v) is 2.27. The van der Waals surface area contributed by atoms with Gasteiger partial charge in [-0.05, 0) is 12.1 Å². The molecule has 0 saturated heterocycles. The molecule has 0 aliphatic carbocycles. The Labute approximate surface area is 139 Å². The lowest BCUT2D eigenvalue weighted by molar-refractivity contribution is -0.385. The highest BCUT2D eigenvalue weighted by atomic mass is 16.6. The Morgan fingerprint density at radius 3 is 2.54 bits per heavy atom. The van der Waals surface area contributed by atoms with Crippen LogP contribution in [0.4, 0.5) is 5.69 Å². The number of nitrogens with zero attached hydrogens (tertiary/aromatic N) is 1. The Balaban J connectivity index is 2.03. The lowest BCUT2D eigenvalue weighted by atomic mass is 10.1. The third-order valence-electron chi connectivity index (χ3n) is 3.51. The van der Waals surface area contributed by atoms with E-state index in [0.717, 1.165) is 5.56 Å². The van der Waals surface area contributed by atoms with Crippen molar-refractivity contribution < 1.29 is 19.2 Å². The molecule has 0 radical (unpaired) electrons. The molecular formula is C17H18N2O5. The Morgan fingerprint density at radius 2 is 1.88 bits per heavy atom. The van der Waals surface area contributed by atoms with Gasteiger partial charge >= 0.3 is 0 Å². The van der Waals surface area contributed by atoms with Crippen LogP contribution in [0.5, 0.6) is 11.5 Å². The maximum atomic E-state index is 12.1. The van der Waals surface area contributed by atoms with Crippen molar-refractivity contribution >= 4 is 11.6 Å². The molecule has 2 aromatic rings. The maximum Gasteiger partial charge on any atom is 0.273 e. The number of benzene rings is 2. The van der Waals surface area contributed by atoms with Crippen LogP contribution in [-0.2, 0) is 17.8 Å². The summed E-state index contributed by atoms with van der Waals surface area (Å²) < 4.78 is 10.4. The number of carbonyl (C=O) groups excluding carboxylic acids is 1. The summed E-state index contributed by atoms with van der Waals surface area (Å²) in [6, 6.07) is 11.5. The molecule has 0 fully saturated rings. The molecule has 0 spiro atoms. The maximum absolute atomic E-state index is 12.1. The van der Waals surface area contributed by atoms with Gasteiger partial charge < -0.3 is 14.8 Å². The minimum Gasteiger partial charge on any atom is -0.497 e. The normalized spacial score (nSPS) is 10.1. The second kappa shape index (κ2) is 7.96. The Kier molecular flexibility index (Phi) is 5.73. The third kappa shape index (κ3) is 4.22. The summed E-state index contributed by atoms with van der Waals surface area (Å²) in [7, 11) is 3.09. The highest BCUT2D eigenvalue weighted by Crippen LogP contribution is 2.24. The van der Waals surface area contributed by atoms with E-state index in [2.05, 4.69) is 5.32 Å². The number of amides is 1. The first-order chi connectivity index (χ1) is 11.5. The van der Waals surface area contributed by atoms with Crippen molar-refractivity contribution in [1.29, 1.82) is 0 Å². The summed E-state index contributed by atoms with van der Waals surface area (Å²) in [5.41, 5.74) is 1.10. The molecule has 2 aromatic carbocycles. The molecule has 24 heavy (non-hydrogen) atoms. The number of methoxy groups -OCH3 is 2. The van der Waals surface area contributed by atoms with E-state index in [0.29, 0.717) is 17.1 Å². The number of hydrogen-bond acceptors (Lipinski definition) is 5. The first-order valence-electron chi connectivity index (χ1n) is 7.25. The summed E-state index contributed by atoms with van der Waals surface area (Å²) >= 11 is 0. The number of rotatable bonds is 7. The predicted octanol–water partition coefficient (Wildman–Crippen LogP) is 2.47. The molecule has 0 bridgehead atoms. The molecule has 0 aromatic heterocycles. The van der Waals surface area contributed by atoms with Crippen LogP contribution in [0, 0.1) is 10.1 Å². The highest BCUT2D eigenvalue weighted by Gasteiger charge is 2.15. The Bertz CT molecular complexity index is 746. The lowest BCUT2D eigenvalue weighted by Crippen LogP contribution is -2.25. The minimum absolute atomic E-state index is 0.0599. The molecule has 0 unspecified atom stereocenters. The average Bonchev–Trinajstić information content (AvgIpc) is 2.60. The van der Waals surface area contributed by atoms with Gasteiger partial charge in [-0.2, -0.15) is 0 Å². The number of ether oxygens (including phenoxy) is 2. The minimum atomic E-state index is -0.491. The monoisotopic (exact) mass is 330 g/mol. The quantitative estimate of drug-likeness (QED) is 0.622. The summed E-state index contributed by atoms with van der Waals surface area (Å²) in [6.07, 6.45) is -0.0599. The van der Waals surface area contributed by atoms with Crippen molar-refractivity contribution in [3.8, 4) is 11.5 Å². The van der Waals surface area contributed by atoms with Crippen LogP contribution in [-0.4, -0.2) is 25.1 Å². The number of nitrogens with one attached hydrogen (secondary N) is 1. The molecule has 2 rings (SSSR count). The summed E-state index contributed by atoms with van der Waals surface area (Å²) in [6.45, 7) is 0.257. The van der Waals surface area contributed by atoms with Crippen LogP contribution in [0.3, 0.4) is 0 Å². The smallest absolute Gasteiger partial charge is 0.273 e. The van der Waals surface area contributed by atoms with Crippen molar-refractivity contribution in [3.63, 3.8) is 0 Å². The van der Waals surface area contributed by atoms with Crippen LogP contribution >= 0.6 is 0 Å². The van der Waals surface area contributed by atoms with Crippen LogP contribution in [0.2, 0.25) is 0 Å². The van der Waals surface area contributed by atoms with E-state index in [-0.39, 0.29) is 24.6 Å². The molecule has 7 heteroatoms. The third-order valence-corrected chi connectivity index (χ3v) is 3.51. The zero-order chi connectivity index (χ0) is 17.5. The van der Waals surface area contributed by atoms with E-state index in [1.54, 1.807) is 43.5 Å². The van der Waals surface area contributed by atoms with Gasteiger partial charge in [-0.25, -0.2) is 0 Å². The van der Waals surface area contributed by atoms with Crippen LogP contribution in [0.25, 0.3) is 0 Å². The number of hydrogen-bond donors (Lipinski definition) is 1. The summed E-state index contributed by atoms with van der Waals surface area (Å²) in [5, 5.41) is 13.7. The van der Waals surface area contributed by atoms with Crippen molar-refractivity contribution in [2.75, 3.05) is 14.2 Å². The number of nitro benzene ring substituents is 1. The molecule has 0 saturated carbocycles. The molecule has 0 aliphatic heterocycles. The zero-order valence-corrected chi connectivity index (χ0v) is 13.4. The van der Waals surface area contributed by atoms with Crippen LogP contribution in [0.15, 0.2) is 42.5 Å². The lowest BCUT2D eigenvalue weighted by Gasteiger charge is -2.11. The molecular weight excluding hydrogens is 312 g/mol. The molecule has 7 nitrogen and oxygen atoms in total. The molecule has 0 atom stereocenters. The van der Waals surface area contributed by atoms with E-state index in [9.17, 15) is 14.9 Å². The van der Waals surface area contributed by atoms with E-state index >= 15 is 0 Å². The van der Waals surface area contributed by atoms with Gasteiger partial charge in [0.1, 0.15) is 11.5 Å². The van der Waals surface area contributed by atoms with Crippen molar-refractivity contribution in [2.45, 2.75) is 13.0 Å². The first kappa shape index (κ1) is 17.3. The summed E-state index contributed by atoms with van der Waals surface area (Å²) in [4.78, 5) is 22.6. The molecule has 0 heterocycles. The summed E-state index contributed by atoms with van der Waals surface area (Å²) in [5.74, 6) is 0.948. The average molecular weight is 330 g/mol. The second-order valence-electron chi connectivity index (χ2n) is 5.02. The Hall–Kier alpha value is -3.09. The first-order valence-corrected chi connectivity index (χ1v) is 7.25. The SMILES string of the molecule is COc1ccc(CNC(=O)Cc2ccccc2[N+](=O)[O-])c(OC)c1. The van der Waals surface area contributed by atoms with E-state index in [1.807, 2.05) is 0 Å². The van der Waals surface area contributed by atoms with Gasteiger partial charge in [-0.3, -0.25) is 14.9 Å². The predicted molar refractivity (Wildman–Crippen MR) is 88.2 cm³/mol. The topological polar surface area (TPSA) is 90.7 Å².